The van der Waals surface area contributed by atoms with Crippen molar-refractivity contribution in [1.29, 1.82) is 0 Å². The molecular formula is C19H21N3O2. The Balaban J connectivity index is 1.60. The number of rotatable bonds is 6. The number of carbonyl (C=O) groups excluding carboxylic acids is 1. The second kappa shape index (κ2) is 7.17. The molecule has 0 saturated carbocycles. The van der Waals surface area contributed by atoms with Gasteiger partial charge in [0, 0.05) is 18.9 Å². The van der Waals surface area contributed by atoms with Crippen LogP contribution in [0, 0.1) is 6.92 Å². The smallest absolute Gasteiger partial charge is 0.226 e. The summed E-state index contributed by atoms with van der Waals surface area (Å²) in [5.74, 6) is 0.776. The molecule has 0 radical (unpaired) electrons. The van der Waals surface area contributed by atoms with Crippen LogP contribution in [0.4, 0.5) is 0 Å². The minimum Gasteiger partial charge on any atom is -0.494 e. The minimum absolute atomic E-state index is 0.0436. The number of ether oxygens (including phenoxy) is 1. The van der Waals surface area contributed by atoms with Crippen molar-refractivity contribution in [2.75, 3.05) is 6.61 Å². The number of imidazole rings is 1. The molecule has 0 spiro atoms. The van der Waals surface area contributed by atoms with Crippen molar-refractivity contribution in [3.8, 4) is 5.75 Å². The van der Waals surface area contributed by atoms with Gasteiger partial charge in [0.25, 0.3) is 0 Å². The number of hydrogen-bond acceptors (Lipinski definition) is 3. The number of aromatic nitrogens is 2. The summed E-state index contributed by atoms with van der Waals surface area (Å²) in [4.78, 5) is 16.7. The lowest BCUT2D eigenvalue weighted by Gasteiger charge is -2.07. The van der Waals surface area contributed by atoms with Crippen LogP contribution in [0.1, 0.15) is 23.7 Å². The van der Waals surface area contributed by atoms with Gasteiger partial charge < -0.3 is 14.5 Å². The van der Waals surface area contributed by atoms with E-state index >= 15 is 0 Å². The van der Waals surface area contributed by atoms with Gasteiger partial charge in [-0.3, -0.25) is 4.79 Å². The van der Waals surface area contributed by atoms with E-state index < -0.39 is 0 Å². The molecule has 0 atom stereocenters. The highest BCUT2D eigenvalue weighted by atomic mass is 16.5. The zero-order valence-corrected chi connectivity index (χ0v) is 14.0. The molecule has 5 nitrogen and oxygen atoms in total. The summed E-state index contributed by atoms with van der Waals surface area (Å²) in [6.45, 7) is 5.07. The molecule has 1 amide bonds. The van der Waals surface area contributed by atoms with E-state index in [2.05, 4.69) is 10.3 Å². The van der Waals surface area contributed by atoms with Crippen molar-refractivity contribution in [3.05, 3.63) is 65.6 Å². The molecule has 3 aromatic rings. The van der Waals surface area contributed by atoms with E-state index in [1.54, 1.807) is 0 Å². The summed E-state index contributed by atoms with van der Waals surface area (Å²) < 4.78 is 7.42. The third-order valence-corrected chi connectivity index (χ3v) is 3.77. The zero-order valence-electron chi connectivity index (χ0n) is 14.0. The Kier molecular flexibility index (Phi) is 4.79. The topological polar surface area (TPSA) is 55.6 Å². The molecule has 2 heterocycles. The predicted molar refractivity (Wildman–Crippen MR) is 93.1 cm³/mol. The highest BCUT2D eigenvalue weighted by Gasteiger charge is 2.09. The average molecular weight is 323 g/mol. The van der Waals surface area contributed by atoms with Crippen LogP contribution >= 0.6 is 0 Å². The number of hydrogen-bond donors (Lipinski definition) is 1. The van der Waals surface area contributed by atoms with Gasteiger partial charge in [-0.1, -0.05) is 18.2 Å². The van der Waals surface area contributed by atoms with E-state index in [0.29, 0.717) is 13.2 Å². The Hall–Kier alpha value is -2.82. The zero-order chi connectivity index (χ0) is 16.9. The maximum absolute atomic E-state index is 12.2. The quantitative estimate of drug-likeness (QED) is 0.759. The van der Waals surface area contributed by atoms with Gasteiger partial charge in [0.1, 0.15) is 11.4 Å². The van der Waals surface area contributed by atoms with Gasteiger partial charge in [0.15, 0.2) is 0 Å². The Bertz CT molecular complexity index is 855. The van der Waals surface area contributed by atoms with Crippen LogP contribution in [0.25, 0.3) is 5.65 Å². The lowest BCUT2D eigenvalue weighted by molar-refractivity contribution is -0.120. The van der Waals surface area contributed by atoms with Gasteiger partial charge in [-0.25, -0.2) is 4.98 Å². The third-order valence-electron chi connectivity index (χ3n) is 3.77. The predicted octanol–water partition coefficient (Wildman–Crippen LogP) is 2.90. The molecule has 0 bridgehead atoms. The molecule has 1 N–H and O–H groups in total. The average Bonchev–Trinajstić information content (AvgIpc) is 2.98. The number of nitrogens with zero attached hydrogens (tertiary/aromatic N) is 2. The van der Waals surface area contributed by atoms with Crippen molar-refractivity contribution in [1.82, 2.24) is 14.7 Å². The number of benzene rings is 1. The summed E-state index contributed by atoms with van der Waals surface area (Å²) in [6, 6.07) is 11.7. The first-order valence-corrected chi connectivity index (χ1v) is 8.07. The molecule has 0 aliphatic heterocycles. The Morgan fingerprint density at radius 1 is 1.29 bits per heavy atom. The van der Waals surface area contributed by atoms with Crippen LogP contribution in [0.15, 0.2) is 48.8 Å². The van der Waals surface area contributed by atoms with E-state index in [0.717, 1.165) is 28.2 Å². The van der Waals surface area contributed by atoms with Crippen molar-refractivity contribution in [3.63, 3.8) is 0 Å². The monoisotopic (exact) mass is 323 g/mol. The molecular weight excluding hydrogens is 302 g/mol. The molecule has 0 saturated heterocycles. The summed E-state index contributed by atoms with van der Waals surface area (Å²) in [5.41, 5.74) is 3.77. The lowest BCUT2D eigenvalue weighted by atomic mass is 10.2. The van der Waals surface area contributed by atoms with Crippen LogP contribution in [0.5, 0.6) is 5.75 Å². The van der Waals surface area contributed by atoms with E-state index in [4.69, 9.17) is 4.74 Å². The van der Waals surface area contributed by atoms with Crippen molar-refractivity contribution in [2.24, 2.45) is 0 Å². The summed E-state index contributed by atoms with van der Waals surface area (Å²) in [7, 11) is 0. The SMILES string of the molecule is CCOc1cccc(CNC(=O)Cc2cn3cccc(C)c3n2)c1. The lowest BCUT2D eigenvalue weighted by Crippen LogP contribution is -2.24. The fourth-order valence-electron chi connectivity index (χ4n) is 2.63. The standard InChI is InChI=1S/C19H21N3O2/c1-3-24-17-8-4-7-15(10-17)12-20-18(23)11-16-13-22-9-5-6-14(2)19(22)21-16/h4-10,13H,3,11-12H2,1-2H3,(H,20,23). The molecule has 0 unspecified atom stereocenters. The summed E-state index contributed by atoms with van der Waals surface area (Å²) in [6.07, 6.45) is 4.11. The normalized spacial score (nSPS) is 10.8. The van der Waals surface area contributed by atoms with Gasteiger partial charge in [-0.05, 0) is 43.2 Å². The fourth-order valence-corrected chi connectivity index (χ4v) is 2.63. The Morgan fingerprint density at radius 3 is 2.96 bits per heavy atom. The van der Waals surface area contributed by atoms with Crippen molar-refractivity contribution in [2.45, 2.75) is 26.8 Å². The fraction of sp³-hybridized carbons (Fsp3) is 0.263. The molecule has 0 aliphatic rings. The Labute approximate surface area is 141 Å². The molecule has 3 rings (SSSR count). The van der Waals surface area contributed by atoms with Gasteiger partial charge in [0.2, 0.25) is 5.91 Å². The maximum atomic E-state index is 12.2. The van der Waals surface area contributed by atoms with Gasteiger partial charge >= 0.3 is 0 Å². The molecule has 0 fully saturated rings. The number of aryl methyl sites for hydroxylation is 1. The second-order valence-electron chi connectivity index (χ2n) is 5.69. The van der Waals surface area contributed by atoms with Crippen molar-refractivity contribution >= 4 is 11.6 Å². The van der Waals surface area contributed by atoms with E-state index in [-0.39, 0.29) is 12.3 Å². The van der Waals surface area contributed by atoms with Crippen molar-refractivity contribution < 1.29 is 9.53 Å². The number of carbonyl (C=O) groups is 1. The van der Waals surface area contributed by atoms with Crippen LogP contribution < -0.4 is 10.1 Å². The van der Waals surface area contributed by atoms with Crippen LogP contribution in [-0.2, 0) is 17.8 Å². The molecule has 2 aromatic heterocycles. The van der Waals surface area contributed by atoms with Gasteiger partial charge in [0.05, 0.1) is 18.7 Å². The van der Waals surface area contributed by atoms with Gasteiger partial charge in [-0.15, -0.1) is 0 Å². The van der Waals surface area contributed by atoms with E-state index in [1.807, 2.05) is 67.0 Å². The molecule has 124 valence electrons. The van der Waals surface area contributed by atoms with Crippen LogP contribution in [-0.4, -0.2) is 21.9 Å². The van der Waals surface area contributed by atoms with E-state index in [9.17, 15) is 4.79 Å². The second-order valence-corrected chi connectivity index (χ2v) is 5.69. The molecule has 24 heavy (non-hydrogen) atoms. The molecule has 0 aliphatic carbocycles. The first-order valence-electron chi connectivity index (χ1n) is 8.07. The first-order chi connectivity index (χ1) is 11.7. The number of nitrogens with one attached hydrogen (secondary N) is 1. The van der Waals surface area contributed by atoms with E-state index in [1.165, 1.54) is 0 Å². The van der Waals surface area contributed by atoms with Crippen LogP contribution in [0.2, 0.25) is 0 Å². The first kappa shape index (κ1) is 16.1. The highest BCUT2D eigenvalue weighted by Crippen LogP contribution is 2.13. The highest BCUT2D eigenvalue weighted by molar-refractivity contribution is 5.78. The number of pyridine rings is 1. The Morgan fingerprint density at radius 2 is 2.17 bits per heavy atom. The summed E-state index contributed by atoms with van der Waals surface area (Å²) in [5, 5.41) is 2.93. The maximum Gasteiger partial charge on any atom is 0.226 e. The summed E-state index contributed by atoms with van der Waals surface area (Å²) >= 11 is 0. The molecule has 1 aromatic carbocycles. The largest absolute Gasteiger partial charge is 0.494 e. The number of amides is 1. The van der Waals surface area contributed by atoms with Gasteiger partial charge in [-0.2, -0.15) is 0 Å². The van der Waals surface area contributed by atoms with Crippen LogP contribution in [0.3, 0.4) is 0 Å². The third kappa shape index (κ3) is 3.74. The number of fused-ring (bicyclic) bond motifs is 1. The molecule has 5 heteroatoms. The minimum atomic E-state index is -0.0436.